The van der Waals surface area contributed by atoms with Gasteiger partial charge in [0.05, 0.1) is 31.3 Å². The number of rotatable bonds is 4. The van der Waals surface area contributed by atoms with Gasteiger partial charge >= 0.3 is 0 Å². The highest BCUT2D eigenvalue weighted by atomic mass is 16.6. The van der Waals surface area contributed by atoms with Crippen LogP contribution < -0.4 is 14.8 Å². The second-order valence-electron chi connectivity index (χ2n) is 6.48. The summed E-state index contributed by atoms with van der Waals surface area (Å²) in [7, 11) is 3.25. The van der Waals surface area contributed by atoms with Crippen molar-refractivity contribution in [2.45, 2.75) is 18.6 Å². The number of nitro benzene ring substituents is 1. The number of para-hydroxylation sites is 1. The van der Waals surface area contributed by atoms with Crippen molar-refractivity contribution in [2.75, 3.05) is 26.1 Å². The van der Waals surface area contributed by atoms with E-state index in [1.807, 2.05) is 18.2 Å². The maximum absolute atomic E-state index is 11.1. The molecule has 1 saturated heterocycles. The Morgan fingerprint density at radius 2 is 2.04 bits per heavy atom. The van der Waals surface area contributed by atoms with Crippen LogP contribution in [0.2, 0.25) is 0 Å². The Morgan fingerprint density at radius 3 is 2.77 bits per heavy atom. The van der Waals surface area contributed by atoms with Gasteiger partial charge in [0.2, 0.25) is 0 Å². The molecule has 2 aliphatic rings. The molecule has 2 aromatic rings. The predicted molar refractivity (Wildman–Crippen MR) is 95.8 cm³/mol. The Bertz CT molecular complexity index is 854. The van der Waals surface area contributed by atoms with Gasteiger partial charge < -0.3 is 19.5 Å². The molecule has 26 heavy (non-hydrogen) atoms. The number of benzene rings is 2. The van der Waals surface area contributed by atoms with Crippen LogP contribution >= 0.6 is 0 Å². The summed E-state index contributed by atoms with van der Waals surface area (Å²) in [5.74, 6) is 1.53. The molecule has 0 aromatic heterocycles. The van der Waals surface area contributed by atoms with Crippen LogP contribution in [0.5, 0.6) is 11.5 Å². The third-order valence-electron chi connectivity index (χ3n) is 5.20. The highest BCUT2D eigenvalue weighted by Crippen LogP contribution is 2.52. The lowest BCUT2D eigenvalue weighted by atomic mass is 9.80. The van der Waals surface area contributed by atoms with E-state index in [0.29, 0.717) is 18.1 Å². The van der Waals surface area contributed by atoms with Crippen molar-refractivity contribution >= 4 is 11.4 Å². The Labute approximate surface area is 151 Å². The average Bonchev–Trinajstić information content (AvgIpc) is 3.16. The molecule has 7 heteroatoms. The molecule has 0 radical (unpaired) electrons. The smallest absolute Gasteiger partial charge is 0.269 e. The number of methoxy groups -OCH3 is 2. The summed E-state index contributed by atoms with van der Waals surface area (Å²) in [6.45, 7) is 0.627. The first-order valence-electron chi connectivity index (χ1n) is 8.51. The van der Waals surface area contributed by atoms with Crippen molar-refractivity contribution < 1.29 is 19.1 Å². The van der Waals surface area contributed by atoms with E-state index in [-0.39, 0.29) is 28.7 Å². The molecule has 3 atom stereocenters. The fraction of sp³-hybridized carbons (Fsp3) is 0.368. The lowest BCUT2D eigenvalue weighted by Gasteiger charge is -2.37. The van der Waals surface area contributed by atoms with Gasteiger partial charge in [-0.05, 0) is 18.6 Å². The van der Waals surface area contributed by atoms with Gasteiger partial charge in [0, 0.05) is 41.5 Å². The molecule has 0 unspecified atom stereocenters. The Hall–Kier alpha value is -2.80. The van der Waals surface area contributed by atoms with E-state index < -0.39 is 0 Å². The minimum absolute atomic E-state index is 0.0264. The standard InChI is InChI=1S/C19H20N2O5/c1-24-16-5-3-4-12(19(16)25-2)17-13-8-9-26-18(13)14-10-11(21(22)23)6-7-15(14)20-17/h3-7,10,13,17-18,20H,8-9H2,1-2H3/t13-,17+,18-/m1/s1. The summed E-state index contributed by atoms with van der Waals surface area (Å²) >= 11 is 0. The highest BCUT2D eigenvalue weighted by molar-refractivity contribution is 5.62. The van der Waals surface area contributed by atoms with E-state index in [2.05, 4.69) is 5.32 Å². The van der Waals surface area contributed by atoms with Crippen LogP contribution in [0.15, 0.2) is 36.4 Å². The Balaban J connectivity index is 1.80. The normalized spacial score (nSPS) is 23.5. The van der Waals surface area contributed by atoms with E-state index in [1.54, 1.807) is 26.4 Å². The first kappa shape index (κ1) is 16.7. The van der Waals surface area contributed by atoms with Crippen LogP contribution in [0.1, 0.15) is 29.7 Å². The maximum atomic E-state index is 11.1. The van der Waals surface area contributed by atoms with Crippen molar-refractivity contribution in [1.29, 1.82) is 0 Å². The number of hydrogen-bond acceptors (Lipinski definition) is 6. The number of nitrogens with one attached hydrogen (secondary N) is 1. The number of hydrogen-bond donors (Lipinski definition) is 1. The zero-order valence-corrected chi connectivity index (χ0v) is 14.6. The van der Waals surface area contributed by atoms with Crippen molar-refractivity contribution in [1.82, 2.24) is 0 Å². The molecule has 2 aliphatic heterocycles. The number of nitro groups is 1. The van der Waals surface area contributed by atoms with E-state index in [4.69, 9.17) is 14.2 Å². The number of fused-ring (bicyclic) bond motifs is 3. The van der Waals surface area contributed by atoms with Gasteiger partial charge in [-0.15, -0.1) is 0 Å². The molecule has 0 bridgehead atoms. The van der Waals surface area contributed by atoms with E-state index in [9.17, 15) is 10.1 Å². The zero-order valence-electron chi connectivity index (χ0n) is 14.6. The molecular formula is C19H20N2O5. The molecule has 0 aliphatic carbocycles. The van der Waals surface area contributed by atoms with E-state index in [1.165, 1.54) is 6.07 Å². The third kappa shape index (κ3) is 2.55. The third-order valence-corrected chi connectivity index (χ3v) is 5.20. The monoisotopic (exact) mass is 356 g/mol. The van der Waals surface area contributed by atoms with Gasteiger partial charge in [0.1, 0.15) is 0 Å². The first-order valence-corrected chi connectivity index (χ1v) is 8.51. The van der Waals surface area contributed by atoms with Crippen molar-refractivity contribution in [3.8, 4) is 11.5 Å². The summed E-state index contributed by atoms with van der Waals surface area (Å²) < 4.78 is 17.0. The van der Waals surface area contributed by atoms with Gasteiger partial charge in [-0.3, -0.25) is 10.1 Å². The predicted octanol–water partition coefficient (Wildman–Crippen LogP) is 3.86. The summed E-state index contributed by atoms with van der Waals surface area (Å²) in [4.78, 5) is 10.8. The fourth-order valence-corrected chi connectivity index (χ4v) is 4.04. The zero-order chi connectivity index (χ0) is 18.3. The number of ether oxygens (including phenoxy) is 3. The molecular weight excluding hydrogens is 336 g/mol. The minimum Gasteiger partial charge on any atom is -0.493 e. The first-order chi connectivity index (χ1) is 12.6. The molecule has 136 valence electrons. The Morgan fingerprint density at radius 1 is 1.19 bits per heavy atom. The molecule has 2 heterocycles. The van der Waals surface area contributed by atoms with Gasteiger partial charge in [-0.1, -0.05) is 12.1 Å². The summed E-state index contributed by atoms with van der Waals surface area (Å²) in [5.41, 5.74) is 2.78. The molecule has 1 N–H and O–H groups in total. The Kier molecular flexibility index (Phi) is 4.16. The summed E-state index contributed by atoms with van der Waals surface area (Å²) in [6.07, 6.45) is 0.692. The second-order valence-corrected chi connectivity index (χ2v) is 6.48. The summed E-state index contributed by atoms with van der Waals surface area (Å²) in [6, 6.07) is 10.7. The van der Waals surface area contributed by atoms with Crippen LogP contribution in [0, 0.1) is 16.0 Å². The van der Waals surface area contributed by atoms with E-state index >= 15 is 0 Å². The molecule has 2 aromatic carbocycles. The molecule has 7 nitrogen and oxygen atoms in total. The highest BCUT2D eigenvalue weighted by Gasteiger charge is 2.43. The molecule has 0 saturated carbocycles. The van der Waals surface area contributed by atoms with Gasteiger partial charge in [-0.2, -0.15) is 0 Å². The fourth-order valence-electron chi connectivity index (χ4n) is 4.04. The van der Waals surface area contributed by atoms with Crippen molar-refractivity contribution in [2.24, 2.45) is 5.92 Å². The SMILES string of the molecule is COc1cccc([C@@H]2Nc3ccc([N+](=O)[O-])cc3[C@@H]3OCC[C@H]23)c1OC. The van der Waals surface area contributed by atoms with Crippen LogP contribution in [-0.4, -0.2) is 25.7 Å². The lowest BCUT2D eigenvalue weighted by Crippen LogP contribution is -2.29. The number of non-ortho nitro benzene ring substituents is 1. The average molecular weight is 356 g/mol. The molecule has 0 amide bonds. The largest absolute Gasteiger partial charge is 0.493 e. The van der Waals surface area contributed by atoms with Crippen LogP contribution in [0.4, 0.5) is 11.4 Å². The molecule has 1 fully saturated rings. The maximum Gasteiger partial charge on any atom is 0.269 e. The summed E-state index contributed by atoms with van der Waals surface area (Å²) in [5, 5.41) is 14.7. The minimum atomic E-state index is -0.374. The van der Waals surface area contributed by atoms with Crippen molar-refractivity contribution in [3.05, 3.63) is 57.6 Å². The van der Waals surface area contributed by atoms with Gasteiger partial charge in [0.15, 0.2) is 11.5 Å². The van der Waals surface area contributed by atoms with Gasteiger partial charge in [0.25, 0.3) is 5.69 Å². The van der Waals surface area contributed by atoms with Gasteiger partial charge in [-0.25, -0.2) is 0 Å². The number of nitrogens with zero attached hydrogens (tertiary/aromatic N) is 1. The lowest BCUT2D eigenvalue weighted by molar-refractivity contribution is -0.385. The molecule has 4 rings (SSSR count). The second kappa shape index (κ2) is 6.49. The topological polar surface area (TPSA) is 82.9 Å². The quantitative estimate of drug-likeness (QED) is 0.662. The van der Waals surface area contributed by atoms with Crippen LogP contribution in [0.3, 0.4) is 0 Å². The number of anilines is 1. The van der Waals surface area contributed by atoms with Crippen LogP contribution in [0.25, 0.3) is 0 Å². The van der Waals surface area contributed by atoms with E-state index in [0.717, 1.165) is 23.2 Å². The molecule has 0 spiro atoms. The van der Waals surface area contributed by atoms with Crippen molar-refractivity contribution in [3.63, 3.8) is 0 Å². The van der Waals surface area contributed by atoms with Crippen LogP contribution in [-0.2, 0) is 4.74 Å².